The van der Waals surface area contributed by atoms with Crippen molar-refractivity contribution in [3.63, 3.8) is 0 Å². The fraction of sp³-hybridized carbons (Fsp3) is 0.200. The van der Waals surface area contributed by atoms with Crippen LogP contribution in [-0.4, -0.2) is 53.3 Å². The molecule has 0 unspecified atom stereocenters. The molecule has 0 fully saturated rings. The van der Waals surface area contributed by atoms with E-state index in [0.717, 1.165) is 12.1 Å². The Morgan fingerprint density at radius 2 is 1.97 bits per heavy atom. The molecule has 2 N–H and O–H groups in total. The Bertz CT molecular complexity index is 1010. The highest BCUT2D eigenvalue weighted by molar-refractivity contribution is 6.03. The Hall–Kier alpha value is -4.26. The minimum atomic E-state index is -0.879. The Morgan fingerprint density at radius 1 is 1.30 bits per heavy atom. The Labute approximate surface area is 172 Å². The maximum atomic E-state index is 12.6. The van der Waals surface area contributed by atoms with Crippen LogP contribution >= 0.6 is 0 Å². The van der Waals surface area contributed by atoms with Crippen LogP contribution in [0.2, 0.25) is 0 Å². The molecule has 0 aromatic heterocycles. The molecular weight excluding hydrogens is 394 g/mol. The summed E-state index contributed by atoms with van der Waals surface area (Å²) in [5.74, 6) is -2.00. The summed E-state index contributed by atoms with van der Waals surface area (Å²) < 4.78 is 10.4. The van der Waals surface area contributed by atoms with Crippen molar-refractivity contribution in [2.75, 3.05) is 27.3 Å². The molecule has 2 rings (SSSR count). The topological polar surface area (TPSA) is 146 Å². The second-order valence-electron chi connectivity index (χ2n) is 6.03. The number of hydrogen-bond donors (Lipinski definition) is 2. The number of aliphatic hydroxyl groups excluding tert-OH is 1. The van der Waals surface area contributed by atoms with Gasteiger partial charge in [-0.15, -0.1) is 0 Å². The number of methoxy groups -OCH3 is 1. The van der Waals surface area contributed by atoms with Crippen molar-refractivity contribution in [1.29, 1.82) is 5.26 Å². The van der Waals surface area contributed by atoms with Crippen molar-refractivity contribution in [2.45, 2.75) is 0 Å². The molecule has 10 heteroatoms. The van der Waals surface area contributed by atoms with Crippen LogP contribution in [0, 0.1) is 21.4 Å². The molecule has 2 aromatic carbocycles. The third kappa shape index (κ3) is 4.96. The van der Waals surface area contributed by atoms with E-state index in [4.69, 9.17) is 9.47 Å². The summed E-state index contributed by atoms with van der Waals surface area (Å²) in [5, 5.41) is 40.8. The van der Waals surface area contributed by atoms with Crippen LogP contribution in [0.15, 0.2) is 48.0 Å². The molecule has 0 heterocycles. The number of benzene rings is 2. The minimum Gasteiger partial charge on any atom is -0.506 e. The fourth-order valence-electron chi connectivity index (χ4n) is 2.48. The van der Waals surface area contributed by atoms with E-state index in [-0.39, 0.29) is 24.5 Å². The molecule has 0 spiro atoms. The smallest absolute Gasteiger partial charge is 0.315 e. The summed E-state index contributed by atoms with van der Waals surface area (Å²) in [6, 6.07) is 12.5. The zero-order valence-electron chi connectivity index (χ0n) is 16.2. The van der Waals surface area contributed by atoms with E-state index in [1.165, 1.54) is 19.1 Å². The number of nitriles is 1. The number of para-hydroxylation sites is 1. The highest BCUT2D eigenvalue weighted by Crippen LogP contribution is 2.38. The quantitative estimate of drug-likeness (QED) is 0.221. The van der Waals surface area contributed by atoms with Gasteiger partial charge in [0.15, 0.2) is 11.3 Å². The van der Waals surface area contributed by atoms with Gasteiger partial charge in [0.2, 0.25) is 5.75 Å². The number of hydrogen-bond acceptors (Lipinski definition) is 8. The van der Waals surface area contributed by atoms with Crippen LogP contribution in [0.1, 0.15) is 5.56 Å². The number of phenolic OH excluding ortho intramolecular Hbond substituents is 1. The first-order chi connectivity index (χ1) is 14.3. The average Bonchev–Trinajstić information content (AvgIpc) is 2.74. The molecule has 0 aliphatic heterocycles. The standard InChI is InChI=1S/C20H19N3O7/c1-22(8-9-30-14-6-4-3-5-7-14)20(26)15(12-21)18(24)13-10-16(23(27)28)19(25)17(11-13)29-2/h3-7,10-11,24-25H,8-9H2,1-2H3/b18-15-. The highest BCUT2D eigenvalue weighted by Gasteiger charge is 2.25. The van der Waals surface area contributed by atoms with E-state index in [1.807, 2.05) is 6.07 Å². The van der Waals surface area contributed by atoms with Gasteiger partial charge in [0.05, 0.1) is 18.6 Å². The first-order valence-corrected chi connectivity index (χ1v) is 8.62. The van der Waals surface area contributed by atoms with Crippen molar-refractivity contribution in [3.8, 4) is 23.3 Å². The zero-order valence-corrected chi connectivity index (χ0v) is 16.2. The van der Waals surface area contributed by atoms with E-state index >= 15 is 0 Å². The summed E-state index contributed by atoms with van der Waals surface area (Å²) in [6.45, 7) is 0.259. The van der Waals surface area contributed by atoms with Gasteiger partial charge in [0.1, 0.15) is 24.2 Å². The van der Waals surface area contributed by atoms with E-state index in [0.29, 0.717) is 5.75 Å². The average molecular weight is 413 g/mol. The summed E-state index contributed by atoms with van der Waals surface area (Å²) >= 11 is 0. The molecule has 30 heavy (non-hydrogen) atoms. The van der Waals surface area contributed by atoms with Crippen LogP contribution in [0.25, 0.3) is 5.76 Å². The molecule has 0 saturated carbocycles. The van der Waals surface area contributed by atoms with E-state index in [2.05, 4.69) is 0 Å². The van der Waals surface area contributed by atoms with Gasteiger partial charge in [0, 0.05) is 18.7 Å². The van der Waals surface area contributed by atoms with Gasteiger partial charge in [-0.1, -0.05) is 18.2 Å². The van der Waals surface area contributed by atoms with Crippen LogP contribution in [0.3, 0.4) is 0 Å². The molecule has 156 valence electrons. The molecule has 0 aliphatic rings. The number of likely N-dealkylation sites (N-methyl/N-ethyl adjacent to an activating group) is 1. The van der Waals surface area contributed by atoms with E-state index in [9.17, 15) is 30.4 Å². The van der Waals surface area contributed by atoms with Crippen LogP contribution in [0.4, 0.5) is 5.69 Å². The number of aromatic hydroxyl groups is 1. The molecule has 0 radical (unpaired) electrons. The number of nitro groups is 1. The first kappa shape index (κ1) is 22.0. The number of phenols is 1. The maximum Gasteiger partial charge on any atom is 0.315 e. The summed E-state index contributed by atoms with van der Waals surface area (Å²) in [7, 11) is 2.58. The molecular formula is C20H19N3O7. The van der Waals surface area contributed by atoms with Crippen molar-refractivity contribution in [3.05, 3.63) is 63.7 Å². The monoisotopic (exact) mass is 413 g/mol. The second-order valence-corrected chi connectivity index (χ2v) is 6.03. The summed E-state index contributed by atoms with van der Waals surface area (Å²) in [5.41, 5.74) is -1.60. The Kier molecular flexibility index (Phi) is 7.19. The van der Waals surface area contributed by atoms with E-state index < -0.39 is 33.6 Å². The lowest BCUT2D eigenvalue weighted by molar-refractivity contribution is -0.386. The van der Waals surface area contributed by atoms with Crippen molar-refractivity contribution in [2.24, 2.45) is 0 Å². The van der Waals surface area contributed by atoms with Crippen LogP contribution in [0.5, 0.6) is 17.2 Å². The first-order valence-electron chi connectivity index (χ1n) is 8.62. The third-order valence-corrected chi connectivity index (χ3v) is 4.09. The lowest BCUT2D eigenvalue weighted by Gasteiger charge is -2.17. The minimum absolute atomic E-state index is 0.116. The molecule has 0 bridgehead atoms. The van der Waals surface area contributed by atoms with Gasteiger partial charge in [-0.05, 0) is 18.2 Å². The zero-order chi connectivity index (χ0) is 22.3. The van der Waals surface area contributed by atoms with Gasteiger partial charge >= 0.3 is 5.69 Å². The second kappa shape index (κ2) is 9.79. The lowest BCUT2D eigenvalue weighted by atomic mass is 10.1. The number of nitro benzene ring substituents is 1. The van der Waals surface area contributed by atoms with Gasteiger partial charge in [0.25, 0.3) is 5.91 Å². The third-order valence-electron chi connectivity index (χ3n) is 4.09. The highest BCUT2D eigenvalue weighted by atomic mass is 16.6. The Morgan fingerprint density at radius 3 is 2.53 bits per heavy atom. The van der Waals surface area contributed by atoms with Gasteiger partial charge < -0.3 is 24.6 Å². The number of nitrogens with zero attached hydrogens (tertiary/aromatic N) is 3. The largest absolute Gasteiger partial charge is 0.506 e. The summed E-state index contributed by atoms with van der Waals surface area (Å²) in [4.78, 5) is 24.0. The number of aliphatic hydroxyl groups is 1. The van der Waals surface area contributed by atoms with E-state index in [1.54, 1.807) is 30.3 Å². The van der Waals surface area contributed by atoms with Gasteiger partial charge in [-0.3, -0.25) is 14.9 Å². The predicted molar refractivity (Wildman–Crippen MR) is 106 cm³/mol. The van der Waals surface area contributed by atoms with Crippen LogP contribution < -0.4 is 9.47 Å². The molecule has 10 nitrogen and oxygen atoms in total. The molecule has 0 atom stereocenters. The summed E-state index contributed by atoms with van der Waals surface area (Å²) in [6.07, 6.45) is 0. The van der Waals surface area contributed by atoms with Gasteiger partial charge in [-0.2, -0.15) is 5.26 Å². The molecule has 0 aliphatic carbocycles. The van der Waals surface area contributed by atoms with Crippen molar-refractivity contribution in [1.82, 2.24) is 4.90 Å². The fourth-order valence-corrected chi connectivity index (χ4v) is 2.48. The number of ether oxygens (including phenoxy) is 2. The van der Waals surface area contributed by atoms with Crippen molar-refractivity contribution >= 4 is 17.4 Å². The number of carbonyl (C=O) groups is 1. The van der Waals surface area contributed by atoms with Crippen molar-refractivity contribution < 1.29 is 29.4 Å². The lowest BCUT2D eigenvalue weighted by Crippen LogP contribution is -2.32. The Balaban J connectivity index is 2.25. The normalized spacial score (nSPS) is 11.1. The van der Waals surface area contributed by atoms with Crippen LogP contribution in [-0.2, 0) is 4.79 Å². The molecule has 2 aromatic rings. The maximum absolute atomic E-state index is 12.6. The predicted octanol–water partition coefficient (Wildman–Crippen LogP) is 2.64. The SMILES string of the molecule is COc1cc(/C(O)=C(\C#N)C(=O)N(C)CCOc2ccccc2)cc([N+](=O)[O-])c1O. The molecule has 0 saturated heterocycles. The van der Waals surface area contributed by atoms with Gasteiger partial charge in [-0.25, -0.2) is 0 Å². The number of amides is 1. The number of rotatable bonds is 8. The molecule has 1 amide bonds. The number of carbonyl (C=O) groups excluding carboxylic acids is 1.